The van der Waals surface area contributed by atoms with Crippen LogP contribution < -0.4 is 4.90 Å². The summed E-state index contributed by atoms with van der Waals surface area (Å²) in [5.41, 5.74) is -0.631. The summed E-state index contributed by atoms with van der Waals surface area (Å²) in [4.78, 5) is 51.4. The van der Waals surface area contributed by atoms with Crippen molar-refractivity contribution in [1.29, 1.82) is 0 Å². The van der Waals surface area contributed by atoms with Gasteiger partial charge in [-0.1, -0.05) is 41.9 Å². The van der Waals surface area contributed by atoms with Crippen molar-refractivity contribution in [2.75, 3.05) is 4.90 Å². The summed E-state index contributed by atoms with van der Waals surface area (Å²) in [6.07, 6.45) is -0.791. The number of rotatable bonds is 5. The Hall–Kier alpha value is -3.73. The van der Waals surface area contributed by atoms with Gasteiger partial charge in [0.05, 0.1) is 6.33 Å². The molecule has 0 atom stereocenters. The van der Waals surface area contributed by atoms with Crippen molar-refractivity contribution < 1.29 is 28.6 Å². The second-order valence-corrected chi connectivity index (χ2v) is 10.2. The molecule has 0 aliphatic carbocycles. The zero-order valence-electron chi connectivity index (χ0n) is 20.9. The van der Waals surface area contributed by atoms with E-state index in [4.69, 9.17) is 25.8 Å². The monoisotopic (exact) mass is 517 g/mol. The third kappa shape index (κ3) is 7.14. The molecule has 2 aromatic heterocycles. The van der Waals surface area contributed by atoms with Crippen molar-refractivity contribution in [1.82, 2.24) is 19.5 Å². The number of esters is 1. The summed E-state index contributed by atoms with van der Waals surface area (Å²) in [6, 6.07) is 8.93. The van der Waals surface area contributed by atoms with E-state index in [1.165, 1.54) is 10.9 Å². The minimum absolute atomic E-state index is 0.106. The average Bonchev–Trinajstić information content (AvgIpc) is 3.13. The van der Waals surface area contributed by atoms with Crippen LogP contribution in [0.25, 0.3) is 11.2 Å². The molecule has 11 nitrogen and oxygen atoms in total. The Morgan fingerprint density at radius 1 is 0.944 bits per heavy atom. The van der Waals surface area contributed by atoms with E-state index in [1.807, 2.05) is 6.07 Å². The molecule has 1 aromatic carbocycles. The summed E-state index contributed by atoms with van der Waals surface area (Å²) < 4.78 is 17.4. The van der Waals surface area contributed by atoms with Crippen molar-refractivity contribution in [2.24, 2.45) is 0 Å². The average molecular weight is 518 g/mol. The molecule has 3 aromatic rings. The first kappa shape index (κ1) is 26.9. The smallest absolute Gasteiger partial charge is 0.427 e. The van der Waals surface area contributed by atoms with E-state index in [9.17, 15) is 14.4 Å². The topological polar surface area (TPSA) is 126 Å². The lowest BCUT2D eigenvalue weighted by Crippen LogP contribution is -2.42. The number of nitrogens with zero attached hydrogens (tertiary/aromatic N) is 5. The summed E-state index contributed by atoms with van der Waals surface area (Å²) >= 11 is 6.30. The van der Waals surface area contributed by atoms with Gasteiger partial charge in [-0.15, -0.1) is 4.90 Å². The van der Waals surface area contributed by atoms with Crippen molar-refractivity contribution in [3.8, 4) is 0 Å². The highest BCUT2D eigenvalue weighted by atomic mass is 35.5. The second kappa shape index (κ2) is 10.5. The molecule has 0 bridgehead atoms. The molecule has 2 heterocycles. The van der Waals surface area contributed by atoms with Crippen LogP contribution in [0.4, 0.5) is 15.5 Å². The third-order valence-corrected chi connectivity index (χ3v) is 4.56. The number of anilines is 1. The molecular formula is C24H28ClN5O6. The van der Waals surface area contributed by atoms with Crippen LogP contribution in [0, 0.1) is 0 Å². The summed E-state index contributed by atoms with van der Waals surface area (Å²) in [6.45, 7) is 9.83. The number of fused-ring (bicyclic) bond motifs is 1. The number of hydrogen-bond donors (Lipinski definition) is 0. The Kier molecular flexibility index (Phi) is 7.83. The number of carbonyl (C=O) groups is 3. The van der Waals surface area contributed by atoms with E-state index in [1.54, 1.807) is 65.8 Å². The predicted molar refractivity (Wildman–Crippen MR) is 132 cm³/mol. The van der Waals surface area contributed by atoms with Gasteiger partial charge in [0.1, 0.15) is 29.9 Å². The quantitative estimate of drug-likeness (QED) is 0.264. The van der Waals surface area contributed by atoms with Gasteiger partial charge in [-0.25, -0.2) is 14.6 Å². The molecule has 0 saturated carbocycles. The van der Waals surface area contributed by atoms with Gasteiger partial charge in [0.2, 0.25) is 5.95 Å². The first-order chi connectivity index (χ1) is 16.7. The van der Waals surface area contributed by atoms with Gasteiger partial charge >= 0.3 is 18.2 Å². The van der Waals surface area contributed by atoms with Gasteiger partial charge in [0.25, 0.3) is 0 Å². The minimum Gasteiger partial charge on any atom is -0.459 e. The van der Waals surface area contributed by atoms with Crippen LogP contribution in [0.2, 0.25) is 5.15 Å². The Morgan fingerprint density at radius 2 is 1.58 bits per heavy atom. The molecule has 192 valence electrons. The van der Waals surface area contributed by atoms with E-state index < -0.39 is 35.3 Å². The Bertz CT molecular complexity index is 1260. The summed E-state index contributed by atoms with van der Waals surface area (Å²) in [5, 5.41) is -0.137. The molecular weight excluding hydrogens is 490 g/mol. The molecule has 2 amide bonds. The molecule has 0 aliphatic rings. The first-order valence-corrected chi connectivity index (χ1v) is 11.5. The number of ether oxygens (including phenoxy) is 3. The van der Waals surface area contributed by atoms with E-state index >= 15 is 0 Å². The van der Waals surface area contributed by atoms with Crippen LogP contribution in [0.3, 0.4) is 0 Å². The normalized spacial score (nSPS) is 11.8. The van der Waals surface area contributed by atoms with Crippen molar-refractivity contribution in [3.05, 3.63) is 47.4 Å². The molecule has 0 spiro atoms. The lowest BCUT2D eigenvalue weighted by Gasteiger charge is -2.24. The number of halogens is 1. The number of amides is 2. The lowest BCUT2D eigenvalue weighted by atomic mass is 10.2. The largest absolute Gasteiger partial charge is 0.459 e. The fourth-order valence-electron chi connectivity index (χ4n) is 2.96. The number of carbonyl (C=O) groups excluding carboxylic acids is 3. The highest BCUT2D eigenvalue weighted by molar-refractivity contribution is 6.33. The maximum atomic E-state index is 13.0. The van der Waals surface area contributed by atoms with Gasteiger partial charge in [0.15, 0.2) is 10.8 Å². The number of hydrogen-bond acceptors (Lipinski definition) is 9. The Labute approximate surface area is 213 Å². The highest BCUT2D eigenvalue weighted by Crippen LogP contribution is 2.25. The minimum atomic E-state index is -1.07. The number of imide groups is 1. The summed E-state index contributed by atoms with van der Waals surface area (Å²) in [5.74, 6) is -0.935. The Balaban J connectivity index is 1.97. The van der Waals surface area contributed by atoms with Gasteiger partial charge < -0.3 is 18.8 Å². The van der Waals surface area contributed by atoms with Crippen LogP contribution in [0.15, 0.2) is 36.7 Å². The van der Waals surface area contributed by atoms with E-state index in [0.29, 0.717) is 10.5 Å². The van der Waals surface area contributed by atoms with Crippen LogP contribution in [0.1, 0.15) is 47.1 Å². The second-order valence-electron chi connectivity index (χ2n) is 9.80. The van der Waals surface area contributed by atoms with Crippen molar-refractivity contribution >= 4 is 46.9 Å². The number of aromatic nitrogens is 4. The zero-order chi connectivity index (χ0) is 26.7. The molecule has 0 radical (unpaired) electrons. The Morgan fingerprint density at radius 3 is 2.19 bits per heavy atom. The molecule has 36 heavy (non-hydrogen) atoms. The van der Waals surface area contributed by atoms with Crippen LogP contribution >= 0.6 is 11.6 Å². The van der Waals surface area contributed by atoms with Gasteiger partial charge in [0, 0.05) is 0 Å². The maximum absolute atomic E-state index is 13.0. The standard InChI is InChI=1S/C24H28ClN5O6/c1-23(2,3)35-16(31)12-29-14-26-17-18(25)27-20(28-19(17)29)30(22(33)36-24(4,5)6)21(32)34-13-15-10-8-7-9-11-15/h7-11,14H,12-13H2,1-6H3. The molecule has 3 rings (SSSR count). The number of benzene rings is 1. The molecule has 0 N–H and O–H groups in total. The maximum Gasteiger partial charge on any atom is 0.427 e. The summed E-state index contributed by atoms with van der Waals surface area (Å²) in [7, 11) is 0. The number of imidazole rings is 1. The fourth-order valence-corrected chi connectivity index (χ4v) is 3.17. The highest BCUT2D eigenvalue weighted by Gasteiger charge is 2.33. The SMILES string of the molecule is CC(C)(C)OC(=O)Cn1cnc2c(Cl)nc(N(C(=O)OCc3ccccc3)C(=O)OC(C)(C)C)nc21. The van der Waals surface area contributed by atoms with E-state index in [0.717, 1.165) is 0 Å². The van der Waals surface area contributed by atoms with Crippen LogP contribution in [-0.4, -0.2) is 48.9 Å². The van der Waals surface area contributed by atoms with Gasteiger partial charge in [-0.05, 0) is 47.1 Å². The van der Waals surface area contributed by atoms with Crippen LogP contribution in [-0.2, 0) is 32.2 Å². The van der Waals surface area contributed by atoms with E-state index in [2.05, 4.69) is 15.0 Å². The molecule has 0 unspecified atom stereocenters. The van der Waals surface area contributed by atoms with Crippen molar-refractivity contribution in [3.63, 3.8) is 0 Å². The first-order valence-electron chi connectivity index (χ1n) is 11.1. The van der Waals surface area contributed by atoms with Gasteiger partial charge in [-0.2, -0.15) is 9.97 Å². The fraction of sp³-hybridized carbons (Fsp3) is 0.417. The predicted octanol–water partition coefficient (Wildman–Crippen LogP) is 4.90. The van der Waals surface area contributed by atoms with Crippen molar-refractivity contribution in [2.45, 2.75) is 65.9 Å². The molecule has 0 saturated heterocycles. The van der Waals surface area contributed by atoms with E-state index in [-0.39, 0.29) is 29.5 Å². The zero-order valence-corrected chi connectivity index (χ0v) is 21.7. The molecule has 0 fully saturated rings. The lowest BCUT2D eigenvalue weighted by molar-refractivity contribution is -0.155. The van der Waals surface area contributed by atoms with Gasteiger partial charge in [-0.3, -0.25) is 4.79 Å². The molecule has 0 aliphatic heterocycles. The third-order valence-electron chi connectivity index (χ3n) is 4.29. The van der Waals surface area contributed by atoms with Crippen LogP contribution in [0.5, 0.6) is 0 Å². The molecule has 12 heteroatoms.